The minimum atomic E-state index is -0.242. The molecule has 0 aliphatic carbocycles. The van der Waals surface area contributed by atoms with Gasteiger partial charge < -0.3 is 15.0 Å². The molecule has 0 spiro atoms. The Morgan fingerprint density at radius 2 is 2.24 bits per heavy atom. The van der Waals surface area contributed by atoms with Crippen molar-refractivity contribution < 1.29 is 9.13 Å². The van der Waals surface area contributed by atoms with E-state index in [0.29, 0.717) is 6.61 Å². The Kier molecular flexibility index (Phi) is 5.67. The fraction of sp³-hybridized carbons (Fsp3) is 0.400. The third kappa shape index (κ3) is 4.23. The molecule has 1 aromatic heterocycles. The van der Waals surface area contributed by atoms with Crippen molar-refractivity contribution in [3.63, 3.8) is 0 Å². The van der Waals surface area contributed by atoms with E-state index in [1.165, 1.54) is 17.0 Å². The molecule has 0 saturated carbocycles. The van der Waals surface area contributed by atoms with Gasteiger partial charge in [0.1, 0.15) is 5.82 Å². The van der Waals surface area contributed by atoms with Crippen molar-refractivity contribution in [1.82, 2.24) is 10.3 Å². The summed E-state index contributed by atoms with van der Waals surface area (Å²) in [5.41, 5.74) is 1.80. The van der Waals surface area contributed by atoms with Crippen molar-refractivity contribution in [1.29, 1.82) is 0 Å². The van der Waals surface area contributed by atoms with Gasteiger partial charge in [0.25, 0.3) is 0 Å². The number of aryl methyl sites for hydroxylation is 1. The number of hydrogen-bond acceptors (Lipinski definition) is 5. The number of aromatic nitrogens is 1. The van der Waals surface area contributed by atoms with Gasteiger partial charge in [0.2, 0.25) is 0 Å². The van der Waals surface area contributed by atoms with E-state index in [9.17, 15) is 4.39 Å². The van der Waals surface area contributed by atoms with Crippen LogP contribution < -0.4 is 10.2 Å². The SMILES string of the molecule is COCCNCc1sc(N(C)c2cccc(F)c2)nc1C. The van der Waals surface area contributed by atoms with Crippen molar-refractivity contribution in [3.05, 3.63) is 40.7 Å². The van der Waals surface area contributed by atoms with Crippen molar-refractivity contribution >= 4 is 22.2 Å². The van der Waals surface area contributed by atoms with E-state index in [0.717, 1.165) is 29.6 Å². The van der Waals surface area contributed by atoms with Gasteiger partial charge in [0, 0.05) is 37.8 Å². The first-order chi connectivity index (χ1) is 10.1. The molecule has 0 aliphatic heterocycles. The molecule has 0 unspecified atom stereocenters. The molecule has 1 aromatic carbocycles. The number of benzene rings is 1. The first-order valence-corrected chi connectivity index (χ1v) is 7.58. The van der Waals surface area contributed by atoms with Crippen LogP contribution in [0.15, 0.2) is 24.3 Å². The highest BCUT2D eigenvalue weighted by atomic mass is 32.1. The Morgan fingerprint density at radius 1 is 1.43 bits per heavy atom. The van der Waals surface area contributed by atoms with Gasteiger partial charge in [-0.2, -0.15) is 0 Å². The highest BCUT2D eigenvalue weighted by Gasteiger charge is 2.12. The molecule has 2 rings (SSSR count). The fourth-order valence-electron chi connectivity index (χ4n) is 1.89. The molecule has 2 aromatic rings. The Bertz CT molecular complexity index is 588. The molecule has 0 saturated heterocycles. The molecule has 21 heavy (non-hydrogen) atoms. The van der Waals surface area contributed by atoms with Crippen LogP contribution in [0.1, 0.15) is 10.6 Å². The van der Waals surface area contributed by atoms with Gasteiger partial charge >= 0.3 is 0 Å². The Morgan fingerprint density at radius 3 is 2.95 bits per heavy atom. The Labute approximate surface area is 128 Å². The highest BCUT2D eigenvalue weighted by Crippen LogP contribution is 2.30. The van der Waals surface area contributed by atoms with Crippen LogP contribution in [0, 0.1) is 12.7 Å². The number of nitrogens with one attached hydrogen (secondary N) is 1. The van der Waals surface area contributed by atoms with Crippen molar-refractivity contribution in [2.24, 2.45) is 0 Å². The Hall–Kier alpha value is -1.50. The van der Waals surface area contributed by atoms with E-state index in [1.54, 1.807) is 24.5 Å². The molecule has 1 N–H and O–H groups in total. The number of hydrogen-bond donors (Lipinski definition) is 1. The number of nitrogens with zero attached hydrogens (tertiary/aromatic N) is 2. The zero-order chi connectivity index (χ0) is 15.2. The zero-order valence-corrected chi connectivity index (χ0v) is 13.3. The summed E-state index contributed by atoms with van der Waals surface area (Å²) in [7, 11) is 3.58. The third-order valence-electron chi connectivity index (χ3n) is 3.13. The zero-order valence-electron chi connectivity index (χ0n) is 12.5. The maximum absolute atomic E-state index is 13.3. The van der Waals surface area contributed by atoms with Gasteiger partial charge in [-0.05, 0) is 25.1 Å². The third-order valence-corrected chi connectivity index (χ3v) is 4.37. The predicted molar refractivity (Wildman–Crippen MR) is 84.9 cm³/mol. The summed E-state index contributed by atoms with van der Waals surface area (Å²) in [6.45, 7) is 4.26. The van der Waals surface area contributed by atoms with Crippen LogP contribution in [0.25, 0.3) is 0 Å². The lowest BCUT2D eigenvalue weighted by Crippen LogP contribution is -2.18. The summed E-state index contributed by atoms with van der Waals surface area (Å²) >= 11 is 1.62. The largest absolute Gasteiger partial charge is 0.383 e. The average molecular weight is 309 g/mol. The Balaban J connectivity index is 2.07. The maximum atomic E-state index is 13.3. The molecule has 0 bridgehead atoms. The molecular formula is C15H20FN3OS. The van der Waals surface area contributed by atoms with Crippen LogP contribution in [0.2, 0.25) is 0 Å². The van der Waals surface area contributed by atoms with Gasteiger partial charge in [-0.3, -0.25) is 0 Å². The van der Waals surface area contributed by atoms with Crippen molar-refractivity contribution in [2.75, 3.05) is 32.2 Å². The molecule has 0 radical (unpaired) electrons. The monoisotopic (exact) mass is 309 g/mol. The summed E-state index contributed by atoms with van der Waals surface area (Å²) in [5, 5.41) is 4.17. The summed E-state index contributed by atoms with van der Waals surface area (Å²) < 4.78 is 18.3. The van der Waals surface area contributed by atoms with Gasteiger partial charge in [0.15, 0.2) is 5.13 Å². The molecule has 0 aliphatic rings. The number of thiazole rings is 1. The summed E-state index contributed by atoms with van der Waals surface area (Å²) in [6.07, 6.45) is 0. The van der Waals surface area contributed by atoms with E-state index in [4.69, 9.17) is 4.74 Å². The first-order valence-electron chi connectivity index (χ1n) is 6.77. The van der Waals surface area contributed by atoms with Crippen LogP contribution in [-0.4, -0.2) is 32.3 Å². The van der Waals surface area contributed by atoms with Crippen LogP contribution in [0.5, 0.6) is 0 Å². The number of methoxy groups -OCH3 is 1. The van der Waals surface area contributed by atoms with E-state index < -0.39 is 0 Å². The van der Waals surface area contributed by atoms with Gasteiger partial charge in [-0.25, -0.2) is 9.37 Å². The summed E-state index contributed by atoms with van der Waals surface area (Å²) in [4.78, 5) is 7.65. The quantitative estimate of drug-likeness (QED) is 0.798. The minimum absolute atomic E-state index is 0.242. The number of rotatable bonds is 7. The second-order valence-corrected chi connectivity index (χ2v) is 5.78. The maximum Gasteiger partial charge on any atom is 0.190 e. The molecule has 1 heterocycles. The summed E-state index contributed by atoms with van der Waals surface area (Å²) in [5.74, 6) is -0.242. The molecule has 4 nitrogen and oxygen atoms in total. The predicted octanol–water partition coefficient (Wildman–Crippen LogP) is 3.09. The smallest absolute Gasteiger partial charge is 0.190 e. The lowest BCUT2D eigenvalue weighted by molar-refractivity contribution is 0.199. The van der Waals surface area contributed by atoms with E-state index in [1.807, 2.05) is 24.9 Å². The molecule has 0 fully saturated rings. The number of halogens is 1. The molecule has 6 heteroatoms. The van der Waals surface area contributed by atoms with E-state index in [2.05, 4.69) is 10.3 Å². The lowest BCUT2D eigenvalue weighted by atomic mass is 10.3. The van der Waals surface area contributed by atoms with Gasteiger partial charge in [0.05, 0.1) is 12.3 Å². The second-order valence-electron chi connectivity index (χ2n) is 4.71. The number of anilines is 2. The van der Waals surface area contributed by atoms with E-state index in [-0.39, 0.29) is 5.82 Å². The minimum Gasteiger partial charge on any atom is -0.383 e. The van der Waals surface area contributed by atoms with Crippen molar-refractivity contribution in [3.8, 4) is 0 Å². The van der Waals surface area contributed by atoms with Crippen LogP contribution in [0.4, 0.5) is 15.2 Å². The van der Waals surface area contributed by atoms with E-state index >= 15 is 0 Å². The van der Waals surface area contributed by atoms with Crippen LogP contribution >= 0.6 is 11.3 Å². The average Bonchev–Trinajstić information content (AvgIpc) is 2.84. The van der Waals surface area contributed by atoms with Crippen LogP contribution in [-0.2, 0) is 11.3 Å². The summed E-state index contributed by atoms with van der Waals surface area (Å²) in [6, 6.07) is 6.52. The standard InChI is InChI=1S/C15H20FN3OS/c1-11-14(10-17-7-8-20-3)21-15(18-11)19(2)13-6-4-5-12(16)9-13/h4-6,9,17H,7-8,10H2,1-3H3. The highest BCUT2D eigenvalue weighted by molar-refractivity contribution is 7.15. The van der Waals surface area contributed by atoms with Crippen molar-refractivity contribution in [2.45, 2.75) is 13.5 Å². The molecule has 0 amide bonds. The number of ether oxygens (including phenoxy) is 1. The molecule has 0 atom stereocenters. The topological polar surface area (TPSA) is 37.4 Å². The second kappa shape index (κ2) is 7.49. The van der Waals surface area contributed by atoms with Gasteiger partial charge in [-0.15, -0.1) is 0 Å². The van der Waals surface area contributed by atoms with Crippen LogP contribution in [0.3, 0.4) is 0 Å². The lowest BCUT2D eigenvalue weighted by Gasteiger charge is -2.15. The fourth-order valence-corrected chi connectivity index (χ4v) is 2.90. The van der Waals surface area contributed by atoms with Gasteiger partial charge in [-0.1, -0.05) is 17.4 Å². The normalized spacial score (nSPS) is 10.9. The molecule has 114 valence electrons. The first kappa shape index (κ1) is 15.9. The molecular weight excluding hydrogens is 289 g/mol.